The Bertz CT molecular complexity index is 652. The molecule has 5 nitrogen and oxygen atoms in total. The molecule has 0 saturated carbocycles. The summed E-state index contributed by atoms with van der Waals surface area (Å²) in [5.41, 5.74) is 0.653. The Hall–Kier alpha value is -2.61. The summed E-state index contributed by atoms with van der Waals surface area (Å²) in [5, 5.41) is 9.04. The van der Waals surface area contributed by atoms with Crippen LogP contribution in [-0.2, 0) is 4.74 Å². The molecule has 0 aliphatic rings. The lowest BCUT2D eigenvalue weighted by molar-refractivity contribution is 0.0129. The van der Waals surface area contributed by atoms with Crippen LogP contribution in [0.5, 0.6) is 0 Å². The van der Waals surface area contributed by atoms with E-state index in [-0.39, 0.29) is 0 Å². The Morgan fingerprint density at radius 1 is 1.38 bits per heavy atom. The van der Waals surface area contributed by atoms with Gasteiger partial charge in [0, 0.05) is 18.1 Å². The lowest BCUT2D eigenvalue weighted by atomic mass is 9.89. The molecule has 0 radical (unpaired) electrons. The normalized spacial score (nSPS) is 12.5. The van der Waals surface area contributed by atoms with Crippen LogP contribution in [0.3, 0.4) is 0 Å². The van der Waals surface area contributed by atoms with Crippen molar-refractivity contribution < 1.29 is 9.53 Å². The molecule has 2 rings (SSSR count). The summed E-state index contributed by atoms with van der Waals surface area (Å²) in [5.74, 6) is -0.428. The zero-order valence-electron chi connectivity index (χ0n) is 12.3. The van der Waals surface area contributed by atoms with Crippen LogP contribution >= 0.6 is 0 Å². The van der Waals surface area contributed by atoms with Crippen LogP contribution in [0.4, 0.5) is 0 Å². The van der Waals surface area contributed by atoms with Crippen LogP contribution in [0.15, 0.2) is 43.0 Å². The minimum atomic E-state index is -0.716. The van der Waals surface area contributed by atoms with Gasteiger partial charge in [-0.3, -0.25) is 0 Å². The first-order chi connectivity index (χ1) is 9.94. The molecule has 1 aromatic heterocycles. The van der Waals surface area contributed by atoms with E-state index in [0.29, 0.717) is 5.56 Å². The number of imidazole rings is 1. The second-order valence-corrected chi connectivity index (χ2v) is 5.40. The minimum absolute atomic E-state index is 0.428. The fraction of sp³-hybridized carbons (Fsp3) is 0.312. The maximum absolute atomic E-state index is 12.1. The van der Waals surface area contributed by atoms with Gasteiger partial charge in [-0.2, -0.15) is 5.26 Å². The second kappa shape index (κ2) is 5.80. The van der Waals surface area contributed by atoms with Crippen LogP contribution in [0.2, 0.25) is 0 Å². The summed E-state index contributed by atoms with van der Waals surface area (Å²) in [6, 6.07) is 9.17. The van der Waals surface area contributed by atoms with Crippen molar-refractivity contribution in [3.05, 3.63) is 48.5 Å². The van der Waals surface area contributed by atoms with Gasteiger partial charge in [-0.05, 0) is 45.0 Å². The minimum Gasteiger partial charge on any atom is -0.457 e. The smallest absolute Gasteiger partial charge is 0.338 e. The predicted octanol–water partition coefficient (Wildman–Crippen LogP) is 2.97. The van der Waals surface area contributed by atoms with Crippen molar-refractivity contribution in [2.24, 2.45) is 5.41 Å². The average Bonchev–Trinajstić information content (AvgIpc) is 3.01. The lowest BCUT2D eigenvalue weighted by Crippen LogP contribution is -2.30. The van der Waals surface area contributed by atoms with E-state index in [1.807, 2.05) is 22.9 Å². The monoisotopic (exact) mass is 283 g/mol. The molecule has 0 spiro atoms. The first-order valence-electron chi connectivity index (χ1n) is 6.64. The average molecular weight is 283 g/mol. The van der Waals surface area contributed by atoms with Gasteiger partial charge >= 0.3 is 5.97 Å². The van der Waals surface area contributed by atoms with Crippen molar-refractivity contribution in [1.29, 1.82) is 5.26 Å². The molecule has 2 aromatic rings. The molecule has 5 heteroatoms. The van der Waals surface area contributed by atoms with Crippen molar-refractivity contribution >= 4 is 5.97 Å². The Balaban J connectivity index is 2.09. The van der Waals surface area contributed by atoms with E-state index in [1.165, 1.54) is 0 Å². The molecule has 0 aliphatic heterocycles. The maximum Gasteiger partial charge on any atom is 0.338 e. The number of benzene rings is 1. The van der Waals surface area contributed by atoms with E-state index in [9.17, 15) is 4.79 Å². The molecule has 21 heavy (non-hydrogen) atoms. The number of hydrogen-bond acceptors (Lipinski definition) is 4. The molecule has 0 N–H and O–H groups in total. The molecule has 1 heterocycles. The zero-order chi connectivity index (χ0) is 15.5. The number of carbonyl (C=O) groups excluding carboxylic acids is 1. The van der Waals surface area contributed by atoms with E-state index < -0.39 is 17.5 Å². The number of hydrogen-bond donors (Lipinski definition) is 0. The van der Waals surface area contributed by atoms with Gasteiger partial charge in [0.15, 0.2) is 0 Å². The van der Waals surface area contributed by atoms with Crippen molar-refractivity contribution in [2.75, 3.05) is 0 Å². The van der Waals surface area contributed by atoms with E-state index >= 15 is 0 Å². The molecule has 0 saturated heterocycles. The summed E-state index contributed by atoms with van der Waals surface area (Å²) in [6.45, 7) is 5.21. The number of esters is 1. The molecule has 0 amide bonds. The van der Waals surface area contributed by atoms with Crippen molar-refractivity contribution in [2.45, 2.75) is 26.9 Å². The van der Waals surface area contributed by atoms with E-state index in [2.05, 4.69) is 11.1 Å². The molecule has 0 bridgehead atoms. The van der Waals surface area contributed by atoms with Gasteiger partial charge in [0.25, 0.3) is 0 Å². The third-order valence-corrected chi connectivity index (χ3v) is 3.49. The van der Waals surface area contributed by atoms with Gasteiger partial charge in [-0.15, -0.1) is 0 Å². The quantitative estimate of drug-likeness (QED) is 0.809. The number of ether oxygens (including phenoxy) is 1. The molecular formula is C16H17N3O2. The highest BCUT2D eigenvalue weighted by Gasteiger charge is 2.29. The highest BCUT2D eigenvalue weighted by molar-refractivity contribution is 5.89. The summed E-state index contributed by atoms with van der Waals surface area (Å²) < 4.78 is 7.19. The van der Waals surface area contributed by atoms with Crippen molar-refractivity contribution in [3.8, 4) is 11.8 Å². The predicted molar refractivity (Wildman–Crippen MR) is 77.8 cm³/mol. The lowest BCUT2D eigenvalue weighted by Gasteiger charge is -2.24. The Labute approximate surface area is 123 Å². The number of nitriles is 1. The maximum atomic E-state index is 12.1. The van der Waals surface area contributed by atoms with Crippen LogP contribution < -0.4 is 0 Å². The molecule has 1 atom stereocenters. The first-order valence-corrected chi connectivity index (χ1v) is 6.64. The topological polar surface area (TPSA) is 67.9 Å². The number of nitrogens with zero attached hydrogens (tertiary/aromatic N) is 3. The van der Waals surface area contributed by atoms with Gasteiger partial charge in [0.1, 0.15) is 6.10 Å². The van der Waals surface area contributed by atoms with Crippen LogP contribution in [0, 0.1) is 16.7 Å². The number of rotatable bonds is 4. The molecule has 0 fully saturated rings. The molecule has 108 valence electrons. The second-order valence-electron chi connectivity index (χ2n) is 5.40. The van der Waals surface area contributed by atoms with Crippen molar-refractivity contribution in [3.63, 3.8) is 0 Å². The SMILES string of the molecule is CC(OC(=O)c1ccc(-n2ccnc2)cc1)C(C)(C)C#N. The van der Waals surface area contributed by atoms with Crippen LogP contribution in [0.1, 0.15) is 31.1 Å². The highest BCUT2D eigenvalue weighted by Crippen LogP contribution is 2.23. The fourth-order valence-electron chi connectivity index (χ4n) is 1.65. The van der Waals surface area contributed by atoms with E-state index in [1.54, 1.807) is 45.4 Å². The van der Waals surface area contributed by atoms with Gasteiger partial charge in [0.05, 0.1) is 23.4 Å². The van der Waals surface area contributed by atoms with E-state index in [0.717, 1.165) is 5.69 Å². The molecule has 1 unspecified atom stereocenters. The molecule has 1 aromatic carbocycles. The first kappa shape index (κ1) is 14.8. The highest BCUT2D eigenvalue weighted by atomic mass is 16.5. The standard InChI is InChI=1S/C16H17N3O2/c1-12(16(2,3)10-17)21-15(20)13-4-6-14(7-5-13)19-9-8-18-11-19/h4-9,11-12H,1-3H3. The van der Waals surface area contributed by atoms with Gasteiger partial charge in [-0.1, -0.05) is 0 Å². The zero-order valence-corrected chi connectivity index (χ0v) is 12.3. The summed E-state index contributed by atoms with van der Waals surface area (Å²) >= 11 is 0. The van der Waals surface area contributed by atoms with Crippen LogP contribution in [0.25, 0.3) is 5.69 Å². The van der Waals surface area contributed by atoms with Crippen molar-refractivity contribution in [1.82, 2.24) is 9.55 Å². The Morgan fingerprint density at radius 3 is 2.57 bits per heavy atom. The fourth-order valence-corrected chi connectivity index (χ4v) is 1.65. The molecule has 0 aliphatic carbocycles. The summed E-state index contributed by atoms with van der Waals surface area (Å²) in [7, 11) is 0. The van der Waals surface area contributed by atoms with Gasteiger partial charge in [-0.25, -0.2) is 9.78 Å². The molecular weight excluding hydrogens is 266 g/mol. The Morgan fingerprint density at radius 2 is 2.05 bits per heavy atom. The van der Waals surface area contributed by atoms with E-state index in [4.69, 9.17) is 10.00 Å². The summed E-state index contributed by atoms with van der Waals surface area (Å²) in [4.78, 5) is 16.0. The number of carbonyl (C=O) groups is 1. The van der Waals surface area contributed by atoms with Gasteiger partial charge < -0.3 is 9.30 Å². The van der Waals surface area contributed by atoms with Crippen LogP contribution in [-0.4, -0.2) is 21.6 Å². The largest absolute Gasteiger partial charge is 0.457 e. The third kappa shape index (κ3) is 3.29. The van der Waals surface area contributed by atoms with Gasteiger partial charge in [0.2, 0.25) is 0 Å². The number of aromatic nitrogens is 2. The Kier molecular flexibility index (Phi) is 4.08. The summed E-state index contributed by atoms with van der Waals surface area (Å²) in [6.07, 6.45) is 4.71. The third-order valence-electron chi connectivity index (χ3n) is 3.49.